The van der Waals surface area contributed by atoms with Gasteiger partial charge < -0.3 is 4.74 Å². The normalized spacial score (nSPS) is 11.4. The smallest absolute Gasteiger partial charge is 0.261 e. The molecular weight excluding hydrogens is 231 g/mol. The predicted octanol–water partition coefficient (Wildman–Crippen LogP) is 2.07. The van der Waals surface area contributed by atoms with Crippen LogP contribution in [0.2, 0.25) is 0 Å². The molecule has 1 aromatic rings. The van der Waals surface area contributed by atoms with Crippen molar-refractivity contribution in [3.63, 3.8) is 0 Å². The lowest BCUT2D eigenvalue weighted by Crippen LogP contribution is -1.98. The summed E-state index contributed by atoms with van der Waals surface area (Å²) in [6.45, 7) is 1.46. The van der Waals surface area contributed by atoms with Crippen molar-refractivity contribution in [2.24, 2.45) is 0 Å². The molecule has 0 heterocycles. The Labute approximate surface area is 85.9 Å². The SMILES string of the molecule is COc1cc(S(=O)(=O)Cl)c(C)cc1F. The first kappa shape index (κ1) is 11.3. The van der Waals surface area contributed by atoms with E-state index in [1.807, 2.05) is 0 Å². The highest BCUT2D eigenvalue weighted by Gasteiger charge is 2.17. The maximum Gasteiger partial charge on any atom is 0.261 e. The molecule has 0 spiro atoms. The zero-order valence-corrected chi connectivity index (χ0v) is 9.12. The molecule has 1 aromatic carbocycles. The van der Waals surface area contributed by atoms with E-state index >= 15 is 0 Å². The van der Waals surface area contributed by atoms with Crippen LogP contribution in [0.15, 0.2) is 17.0 Å². The lowest BCUT2D eigenvalue weighted by molar-refractivity contribution is 0.384. The summed E-state index contributed by atoms with van der Waals surface area (Å²) in [5.74, 6) is -0.760. The van der Waals surface area contributed by atoms with E-state index in [1.54, 1.807) is 0 Å². The molecule has 0 fully saturated rings. The predicted molar refractivity (Wildman–Crippen MR) is 50.7 cm³/mol. The Morgan fingerprint density at radius 3 is 2.43 bits per heavy atom. The Hall–Kier alpha value is -0.810. The molecule has 0 N–H and O–H groups in total. The first-order chi connectivity index (χ1) is 6.36. The number of benzene rings is 1. The minimum Gasteiger partial charge on any atom is -0.494 e. The van der Waals surface area contributed by atoms with Crippen LogP contribution in [0.25, 0.3) is 0 Å². The Balaban J connectivity index is 3.47. The van der Waals surface area contributed by atoms with Gasteiger partial charge in [0.25, 0.3) is 9.05 Å². The van der Waals surface area contributed by atoms with Gasteiger partial charge in [0.1, 0.15) is 0 Å². The maximum absolute atomic E-state index is 13.1. The van der Waals surface area contributed by atoms with Gasteiger partial charge in [-0.3, -0.25) is 0 Å². The number of halogens is 2. The molecule has 0 aliphatic heterocycles. The summed E-state index contributed by atoms with van der Waals surface area (Å²) in [5.41, 5.74) is 0.248. The van der Waals surface area contributed by atoms with Crippen LogP contribution in [0.1, 0.15) is 5.56 Å². The molecule has 0 atom stereocenters. The summed E-state index contributed by atoms with van der Waals surface area (Å²) in [4.78, 5) is -0.141. The van der Waals surface area contributed by atoms with Gasteiger partial charge in [-0.25, -0.2) is 12.8 Å². The minimum absolute atomic E-state index is 0.141. The average molecular weight is 239 g/mol. The quantitative estimate of drug-likeness (QED) is 0.741. The minimum atomic E-state index is -3.86. The molecule has 0 amide bonds. The molecule has 78 valence electrons. The van der Waals surface area contributed by atoms with Gasteiger partial charge in [-0.1, -0.05) is 0 Å². The van der Waals surface area contributed by atoms with Crippen LogP contribution in [0.3, 0.4) is 0 Å². The average Bonchev–Trinajstić information content (AvgIpc) is 2.02. The molecule has 0 aromatic heterocycles. The standard InChI is InChI=1S/C8H8ClFO3S/c1-5-3-6(10)7(13-2)4-8(5)14(9,11)12/h3-4H,1-2H3. The lowest BCUT2D eigenvalue weighted by Gasteiger charge is -2.06. The first-order valence-corrected chi connectivity index (χ1v) is 5.96. The topological polar surface area (TPSA) is 43.4 Å². The van der Waals surface area contributed by atoms with Crippen LogP contribution >= 0.6 is 10.7 Å². The van der Waals surface area contributed by atoms with Crippen molar-refractivity contribution < 1.29 is 17.5 Å². The monoisotopic (exact) mass is 238 g/mol. The van der Waals surface area contributed by atoms with Crippen molar-refractivity contribution in [2.45, 2.75) is 11.8 Å². The van der Waals surface area contributed by atoms with E-state index in [0.717, 1.165) is 12.1 Å². The van der Waals surface area contributed by atoms with E-state index in [1.165, 1.54) is 14.0 Å². The van der Waals surface area contributed by atoms with Crippen LogP contribution in [-0.2, 0) is 9.05 Å². The number of hydrogen-bond acceptors (Lipinski definition) is 3. The van der Waals surface area contributed by atoms with Crippen LogP contribution in [-0.4, -0.2) is 15.5 Å². The third-order valence-electron chi connectivity index (χ3n) is 1.71. The van der Waals surface area contributed by atoms with E-state index in [-0.39, 0.29) is 16.2 Å². The first-order valence-electron chi connectivity index (χ1n) is 3.65. The lowest BCUT2D eigenvalue weighted by atomic mass is 10.2. The highest BCUT2D eigenvalue weighted by atomic mass is 35.7. The molecule has 0 aliphatic carbocycles. The second-order valence-electron chi connectivity index (χ2n) is 2.69. The van der Waals surface area contributed by atoms with Gasteiger partial charge in [-0.05, 0) is 18.6 Å². The van der Waals surface area contributed by atoms with E-state index in [9.17, 15) is 12.8 Å². The van der Waals surface area contributed by atoms with E-state index in [0.29, 0.717) is 0 Å². The second-order valence-corrected chi connectivity index (χ2v) is 5.22. The zero-order valence-electron chi connectivity index (χ0n) is 7.54. The molecule has 0 unspecified atom stereocenters. The highest BCUT2D eigenvalue weighted by molar-refractivity contribution is 8.13. The third-order valence-corrected chi connectivity index (χ3v) is 3.18. The summed E-state index contributed by atoms with van der Waals surface area (Å²) in [6.07, 6.45) is 0. The Morgan fingerprint density at radius 1 is 1.43 bits per heavy atom. The summed E-state index contributed by atoms with van der Waals surface area (Å²) in [7, 11) is 2.53. The van der Waals surface area contributed by atoms with Crippen molar-refractivity contribution in [1.29, 1.82) is 0 Å². The Bertz CT molecular complexity index is 456. The fraction of sp³-hybridized carbons (Fsp3) is 0.250. The Morgan fingerprint density at radius 2 is 2.00 bits per heavy atom. The van der Waals surface area contributed by atoms with Crippen LogP contribution < -0.4 is 4.74 Å². The third kappa shape index (κ3) is 2.16. The van der Waals surface area contributed by atoms with Crippen molar-refractivity contribution >= 4 is 19.7 Å². The number of rotatable bonds is 2. The molecule has 0 saturated carbocycles. The maximum atomic E-state index is 13.1. The van der Waals surface area contributed by atoms with Crippen molar-refractivity contribution in [1.82, 2.24) is 0 Å². The summed E-state index contributed by atoms with van der Waals surface area (Å²) in [5, 5.41) is 0. The number of aryl methyl sites for hydroxylation is 1. The molecule has 3 nitrogen and oxygen atoms in total. The van der Waals surface area contributed by atoms with Gasteiger partial charge >= 0.3 is 0 Å². The fourth-order valence-electron chi connectivity index (χ4n) is 1.05. The molecule has 0 aliphatic rings. The van der Waals surface area contributed by atoms with Crippen LogP contribution in [0.5, 0.6) is 5.75 Å². The number of ether oxygens (including phenoxy) is 1. The van der Waals surface area contributed by atoms with Gasteiger partial charge in [0, 0.05) is 16.7 Å². The van der Waals surface area contributed by atoms with Crippen molar-refractivity contribution in [3.8, 4) is 5.75 Å². The number of hydrogen-bond donors (Lipinski definition) is 0. The summed E-state index contributed by atoms with van der Waals surface area (Å²) < 4.78 is 39.7. The largest absolute Gasteiger partial charge is 0.494 e. The molecular formula is C8H8ClFO3S. The van der Waals surface area contributed by atoms with Gasteiger partial charge in [-0.15, -0.1) is 0 Å². The van der Waals surface area contributed by atoms with E-state index in [4.69, 9.17) is 10.7 Å². The van der Waals surface area contributed by atoms with Gasteiger partial charge in [0.2, 0.25) is 0 Å². The van der Waals surface area contributed by atoms with Gasteiger partial charge in [0.15, 0.2) is 11.6 Å². The molecule has 0 radical (unpaired) electrons. The summed E-state index contributed by atoms with van der Waals surface area (Å²) in [6, 6.07) is 2.13. The summed E-state index contributed by atoms with van der Waals surface area (Å²) >= 11 is 0. The second kappa shape index (κ2) is 3.74. The van der Waals surface area contributed by atoms with Crippen molar-refractivity contribution in [2.75, 3.05) is 7.11 Å². The van der Waals surface area contributed by atoms with E-state index in [2.05, 4.69) is 4.74 Å². The molecule has 6 heteroatoms. The zero-order chi connectivity index (χ0) is 10.9. The van der Waals surface area contributed by atoms with Crippen LogP contribution in [0.4, 0.5) is 4.39 Å². The van der Waals surface area contributed by atoms with E-state index < -0.39 is 14.9 Å². The van der Waals surface area contributed by atoms with Gasteiger partial charge in [-0.2, -0.15) is 0 Å². The molecule has 0 bridgehead atoms. The molecule has 1 rings (SSSR count). The highest BCUT2D eigenvalue weighted by Crippen LogP contribution is 2.27. The van der Waals surface area contributed by atoms with Gasteiger partial charge in [0.05, 0.1) is 12.0 Å². The molecule has 14 heavy (non-hydrogen) atoms. The molecule has 0 saturated heterocycles. The fourth-order valence-corrected chi connectivity index (χ4v) is 2.24. The van der Waals surface area contributed by atoms with Crippen molar-refractivity contribution in [3.05, 3.63) is 23.5 Å². The van der Waals surface area contributed by atoms with Crippen LogP contribution in [0, 0.1) is 12.7 Å². The Kier molecular flexibility index (Phi) is 3.01. The number of methoxy groups -OCH3 is 1.